The van der Waals surface area contributed by atoms with Gasteiger partial charge in [-0.2, -0.15) is 0 Å². The molecular weight excluding hydrogens is 249 g/mol. The van der Waals surface area contributed by atoms with Crippen LogP contribution in [0.4, 0.5) is 4.39 Å². The van der Waals surface area contributed by atoms with E-state index in [1.165, 1.54) is 0 Å². The van der Waals surface area contributed by atoms with Crippen molar-refractivity contribution in [2.45, 2.75) is 0 Å². The van der Waals surface area contributed by atoms with E-state index in [9.17, 15) is 4.39 Å². The van der Waals surface area contributed by atoms with Gasteiger partial charge in [0.05, 0.1) is 6.33 Å². The van der Waals surface area contributed by atoms with Crippen LogP contribution in [0.1, 0.15) is 0 Å². The highest BCUT2D eigenvalue weighted by atomic mass is 35.5. The zero-order valence-electron chi connectivity index (χ0n) is 9.02. The minimum absolute atomic E-state index is 0. The standard InChI is InChI=1S/C11H12FNO3.ClH/c12-4-8(5-13)6-14-9-2-1-3-10-11(9)16-7-15-10;/h1-4H,5-7,13H2;1H/b8-4+;. The smallest absolute Gasteiger partial charge is 0.231 e. The Kier molecular flexibility index (Phi) is 5.06. The zero-order chi connectivity index (χ0) is 11.4. The number of hydrogen-bond acceptors (Lipinski definition) is 4. The van der Waals surface area contributed by atoms with Crippen molar-refractivity contribution in [3.05, 3.63) is 30.1 Å². The average molecular weight is 262 g/mol. The molecule has 0 aromatic heterocycles. The van der Waals surface area contributed by atoms with Crippen LogP contribution in [0.15, 0.2) is 30.1 Å². The van der Waals surface area contributed by atoms with E-state index in [0.29, 0.717) is 29.2 Å². The second-order valence-corrected chi connectivity index (χ2v) is 3.25. The van der Waals surface area contributed by atoms with Crippen molar-refractivity contribution in [3.63, 3.8) is 0 Å². The molecule has 17 heavy (non-hydrogen) atoms. The van der Waals surface area contributed by atoms with Gasteiger partial charge >= 0.3 is 0 Å². The maximum Gasteiger partial charge on any atom is 0.231 e. The average Bonchev–Trinajstić information content (AvgIpc) is 2.79. The van der Waals surface area contributed by atoms with Crippen LogP contribution in [0.5, 0.6) is 17.2 Å². The molecule has 0 radical (unpaired) electrons. The fourth-order valence-corrected chi connectivity index (χ4v) is 1.32. The predicted molar refractivity (Wildman–Crippen MR) is 63.6 cm³/mol. The van der Waals surface area contributed by atoms with E-state index in [4.69, 9.17) is 19.9 Å². The Morgan fingerprint density at radius 3 is 3.00 bits per heavy atom. The SMILES string of the molecule is Cl.NC/C(=C\F)COc1cccc2c1OCO2. The molecule has 0 atom stereocenters. The van der Waals surface area contributed by atoms with E-state index < -0.39 is 0 Å². The van der Waals surface area contributed by atoms with Crippen molar-refractivity contribution in [1.29, 1.82) is 0 Å². The molecule has 1 aromatic carbocycles. The third kappa shape index (κ3) is 3.01. The molecule has 94 valence electrons. The topological polar surface area (TPSA) is 53.7 Å². The third-order valence-corrected chi connectivity index (χ3v) is 2.19. The summed E-state index contributed by atoms with van der Waals surface area (Å²) in [5.74, 6) is 1.72. The van der Waals surface area contributed by atoms with Crippen molar-refractivity contribution in [2.75, 3.05) is 19.9 Å². The van der Waals surface area contributed by atoms with E-state index in [1.54, 1.807) is 18.2 Å². The fourth-order valence-electron chi connectivity index (χ4n) is 1.32. The number of fused-ring (bicyclic) bond motifs is 1. The second-order valence-electron chi connectivity index (χ2n) is 3.25. The molecule has 1 aliphatic heterocycles. The van der Waals surface area contributed by atoms with Gasteiger partial charge in [-0.3, -0.25) is 0 Å². The number of nitrogens with two attached hydrogens (primary N) is 1. The number of rotatable bonds is 4. The monoisotopic (exact) mass is 261 g/mol. The normalized spacial score (nSPS) is 13.2. The molecule has 0 bridgehead atoms. The number of hydrogen-bond donors (Lipinski definition) is 1. The second kappa shape index (κ2) is 6.32. The minimum atomic E-state index is 0. The summed E-state index contributed by atoms with van der Waals surface area (Å²) in [6.45, 7) is 0.411. The lowest BCUT2D eigenvalue weighted by Gasteiger charge is -2.09. The van der Waals surface area contributed by atoms with Gasteiger partial charge in [-0.15, -0.1) is 12.4 Å². The van der Waals surface area contributed by atoms with Crippen LogP contribution in [0.3, 0.4) is 0 Å². The maximum atomic E-state index is 12.3. The highest BCUT2D eigenvalue weighted by molar-refractivity contribution is 5.85. The summed E-state index contributed by atoms with van der Waals surface area (Å²) in [4.78, 5) is 0. The molecule has 0 saturated heterocycles. The number of para-hydroxylation sites is 1. The molecule has 0 amide bonds. The molecule has 4 nitrogen and oxygen atoms in total. The quantitative estimate of drug-likeness (QED) is 0.901. The van der Waals surface area contributed by atoms with Crippen LogP contribution in [0.2, 0.25) is 0 Å². The summed E-state index contributed by atoms with van der Waals surface area (Å²) < 4.78 is 28.1. The van der Waals surface area contributed by atoms with Crippen molar-refractivity contribution in [1.82, 2.24) is 0 Å². The van der Waals surface area contributed by atoms with Gasteiger partial charge in [0, 0.05) is 12.1 Å². The summed E-state index contributed by atoms with van der Waals surface area (Å²) in [6, 6.07) is 5.30. The van der Waals surface area contributed by atoms with Crippen molar-refractivity contribution in [2.24, 2.45) is 5.73 Å². The molecule has 1 aliphatic rings. The van der Waals surface area contributed by atoms with Gasteiger partial charge in [0.15, 0.2) is 11.5 Å². The fraction of sp³-hybridized carbons (Fsp3) is 0.273. The molecule has 2 rings (SSSR count). The third-order valence-electron chi connectivity index (χ3n) is 2.19. The van der Waals surface area contributed by atoms with Crippen molar-refractivity contribution >= 4 is 12.4 Å². The van der Waals surface area contributed by atoms with Gasteiger partial charge < -0.3 is 19.9 Å². The Bertz CT molecular complexity index is 412. The van der Waals surface area contributed by atoms with E-state index in [1.807, 2.05) is 0 Å². The number of ether oxygens (including phenoxy) is 3. The highest BCUT2D eigenvalue weighted by Gasteiger charge is 2.18. The van der Waals surface area contributed by atoms with Crippen LogP contribution < -0.4 is 19.9 Å². The first-order valence-corrected chi connectivity index (χ1v) is 4.84. The molecule has 0 unspecified atom stereocenters. The van der Waals surface area contributed by atoms with Crippen LogP contribution >= 0.6 is 12.4 Å². The number of benzene rings is 1. The Morgan fingerprint density at radius 2 is 2.29 bits per heavy atom. The van der Waals surface area contributed by atoms with E-state index in [2.05, 4.69) is 0 Å². The summed E-state index contributed by atoms with van der Waals surface area (Å²) in [6.07, 6.45) is 0.459. The number of halogens is 2. The molecule has 6 heteroatoms. The van der Waals surface area contributed by atoms with Crippen LogP contribution in [-0.2, 0) is 0 Å². The van der Waals surface area contributed by atoms with Crippen LogP contribution in [0, 0.1) is 0 Å². The Balaban J connectivity index is 0.00000144. The van der Waals surface area contributed by atoms with Crippen molar-refractivity contribution in [3.8, 4) is 17.2 Å². The first-order valence-electron chi connectivity index (χ1n) is 4.84. The predicted octanol–water partition coefficient (Wildman–Crippen LogP) is 2.03. The molecule has 1 aromatic rings. The van der Waals surface area contributed by atoms with Gasteiger partial charge in [-0.1, -0.05) is 6.07 Å². The first-order chi connectivity index (χ1) is 7.85. The largest absolute Gasteiger partial charge is 0.485 e. The molecular formula is C11H13ClFNO3. The summed E-state index contributed by atoms with van der Waals surface area (Å²) >= 11 is 0. The molecule has 0 fully saturated rings. The molecule has 1 heterocycles. The lowest BCUT2D eigenvalue weighted by molar-refractivity contribution is 0.170. The lowest BCUT2D eigenvalue weighted by Crippen LogP contribution is -2.10. The summed E-state index contributed by atoms with van der Waals surface area (Å²) in [5, 5.41) is 0. The van der Waals surface area contributed by atoms with Gasteiger partial charge in [0.2, 0.25) is 12.5 Å². The van der Waals surface area contributed by atoms with Crippen molar-refractivity contribution < 1.29 is 18.6 Å². The summed E-state index contributed by atoms with van der Waals surface area (Å²) in [5.41, 5.74) is 5.70. The first kappa shape index (κ1) is 13.6. The Hall–Kier alpha value is -1.46. The van der Waals surface area contributed by atoms with Gasteiger partial charge in [0.25, 0.3) is 0 Å². The molecule has 2 N–H and O–H groups in total. The summed E-state index contributed by atoms with van der Waals surface area (Å²) in [7, 11) is 0. The van der Waals surface area contributed by atoms with E-state index in [-0.39, 0.29) is 32.4 Å². The van der Waals surface area contributed by atoms with E-state index >= 15 is 0 Å². The van der Waals surface area contributed by atoms with Gasteiger partial charge in [-0.25, -0.2) is 4.39 Å². The minimum Gasteiger partial charge on any atom is -0.485 e. The van der Waals surface area contributed by atoms with Gasteiger partial charge in [0.1, 0.15) is 6.61 Å². The Labute approximate surface area is 105 Å². The van der Waals surface area contributed by atoms with Gasteiger partial charge in [-0.05, 0) is 12.1 Å². The molecule has 0 spiro atoms. The van der Waals surface area contributed by atoms with E-state index in [0.717, 1.165) is 0 Å². The zero-order valence-corrected chi connectivity index (χ0v) is 9.84. The molecule has 0 aliphatic carbocycles. The lowest BCUT2D eigenvalue weighted by atomic mass is 10.3. The van der Waals surface area contributed by atoms with Crippen LogP contribution in [-0.4, -0.2) is 19.9 Å². The molecule has 0 saturated carbocycles. The Morgan fingerprint density at radius 1 is 1.47 bits per heavy atom. The maximum absolute atomic E-state index is 12.3. The highest BCUT2D eigenvalue weighted by Crippen LogP contribution is 2.40. The van der Waals surface area contributed by atoms with Crippen LogP contribution in [0.25, 0.3) is 0 Å².